The maximum atomic E-state index is 6.15. The molecule has 4 heteroatoms. The molecule has 0 saturated heterocycles. The molecule has 0 aliphatic rings. The van der Waals surface area contributed by atoms with Crippen LogP contribution in [-0.2, 0) is 16.8 Å². The van der Waals surface area contributed by atoms with Crippen LogP contribution in [0.2, 0.25) is 0 Å². The first kappa shape index (κ1) is 23.7. The smallest absolute Gasteiger partial charge is 0.127 e. The Morgan fingerprint density at radius 3 is 1.88 bits per heavy atom. The Balaban J connectivity index is 1.57. The van der Waals surface area contributed by atoms with Crippen molar-refractivity contribution in [2.75, 3.05) is 19.8 Å². The third-order valence-corrected chi connectivity index (χ3v) is 5.60. The van der Waals surface area contributed by atoms with Crippen LogP contribution in [0.4, 0.5) is 0 Å². The largest absolute Gasteiger partial charge is 0.494 e. The quantitative estimate of drug-likeness (QED) is 0.303. The molecule has 0 amide bonds. The van der Waals surface area contributed by atoms with E-state index >= 15 is 0 Å². The number of hydrogen-bond acceptors (Lipinski definition) is 4. The minimum absolute atomic E-state index is 0.0544. The van der Waals surface area contributed by atoms with Crippen LogP contribution in [0.5, 0.6) is 23.0 Å². The monoisotopic (exact) mass is 434 g/mol. The van der Waals surface area contributed by atoms with Gasteiger partial charge in [-0.15, -0.1) is 0 Å². The molecular weight excluding hydrogens is 400 g/mol. The molecule has 0 fully saturated rings. The first-order valence-electron chi connectivity index (χ1n) is 11.4. The van der Waals surface area contributed by atoms with Gasteiger partial charge in [-0.2, -0.15) is 0 Å². The second kappa shape index (κ2) is 11.6. The highest BCUT2D eigenvalue weighted by molar-refractivity contribution is 5.37. The second-order valence-corrected chi connectivity index (χ2v) is 8.02. The van der Waals surface area contributed by atoms with E-state index in [1.54, 1.807) is 0 Å². The van der Waals surface area contributed by atoms with Crippen molar-refractivity contribution < 1.29 is 18.9 Å². The lowest BCUT2D eigenvalue weighted by Crippen LogP contribution is -2.27. The van der Waals surface area contributed by atoms with Gasteiger partial charge in [0, 0.05) is 5.41 Å². The van der Waals surface area contributed by atoms with Gasteiger partial charge in [-0.05, 0) is 79.9 Å². The number of hydrogen-bond donors (Lipinski definition) is 0. The lowest BCUT2D eigenvalue weighted by atomic mass is 9.81. The standard InChI is InChI=1S/C28H34O4/c1-5-28(4,23-11-13-24(14-12-23)30-6-2)21-29-20-22-9-8-10-27(19-22)32-26-17-15-25(16-18-26)31-7-3/h8-19H,5-7,20-21H2,1-4H3. The molecular formula is C28H34O4. The van der Waals surface area contributed by atoms with Crippen LogP contribution in [0.1, 0.15) is 45.2 Å². The van der Waals surface area contributed by atoms with Gasteiger partial charge in [-0.25, -0.2) is 0 Å². The molecule has 0 heterocycles. The summed E-state index contributed by atoms with van der Waals surface area (Å²) in [6.07, 6.45) is 0.988. The van der Waals surface area contributed by atoms with E-state index in [9.17, 15) is 0 Å². The van der Waals surface area contributed by atoms with Crippen LogP contribution in [0.15, 0.2) is 72.8 Å². The summed E-state index contributed by atoms with van der Waals surface area (Å²) >= 11 is 0. The van der Waals surface area contributed by atoms with Crippen LogP contribution in [0.25, 0.3) is 0 Å². The molecule has 0 aromatic heterocycles. The van der Waals surface area contributed by atoms with Crippen molar-refractivity contribution in [1.29, 1.82) is 0 Å². The summed E-state index contributed by atoms with van der Waals surface area (Å²) in [5.74, 6) is 3.31. The maximum absolute atomic E-state index is 6.15. The van der Waals surface area contributed by atoms with Crippen molar-refractivity contribution in [3.8, 4) is 23.0 Å². The second-order valence-electron chi connectivity index (χ2n) is 8.02. The highest BCUT2D eigenvalue weighted by Crippen LogP contribution is 2.30. The zero-order valence-corrected chi connectivity index (χ0v) is 19.6. The molecule has 32 heavy (non-hydrogen) atoms. The summed E-state index contributed by atoms with van der Waals surface area (Å²) in [4.78, 5) is 0. The Bertz CT molecular complexity index is 950. The summed E-state index contributed by atoms with van der Waals surface area (Å²) in [6.45, 7) is 10.9. The van der Waals surface area contributed by atoms with Gasteiger partial charge < -0.3 is 18.9 Å². The summed E-state index contributed by atoms with van der Waals surface area (Å²) in [5, 5.41) is 0. The highest BCUT2D eigenvalue weighted by Gasteiger charge is 2.25. The Kier molecular flexibility index (Phi) is 8.57. The fourth-order valence-corrected chi connectivity index (χ4v) is 3.51. The molecule has 0 radical (unpaired) electrons. The highest BCUT2D eigenvalue weighted by atomic mass is 16.5. The topological polar surface area (TPSA) is 36.9 Å². The average Bonchev–Trinajstić information content (AvgIpc) is 2.81. The molecule has 3 aromatic carbocycles. The minimum atomic E-state index is -0.0544. The van der Waals surface area contributed by atoms with E-state index in [0.717, 1.165) is 35.0 Å². The lowest BCUT2D eigenvalue weighted by Gasteiger charge is -2.29. The molecule has 3 aromatic rings. The molecule has 0 aliphatic heterocycles. The van der Waals surface area contributed by atoms with E-state index in [4.69, 9.17) is 18.9 Å². The molecule has 170 valence electrons. The van der Waals surface area contributed by atoms with Gasteiger partial charge in [0.2, 0.25) is 0 Å². The zero-order valence-electron chi connectivity index (χ0n) is 19.6. The predicted molar refractivity (Wildman–Crippen MR) is 129 cm³/mol. The number of ether oxygens (including phenoxy) is 4. The van der Waals surface area contributed by atoms with Crippen LogP contribution in [0, 0.1) is 0 Å². The Hall–Kier alpha value is -2.98. The molecule has 0 spiro atoms. The van der Waals surface area contributed by atoms with E-state index in [1.807, 2.05) is 68.4 Å². The molecule has 0 aliphatic carbocycles. The van der Waals surface area contributed by atoms with E-state index in [1.165, 1.54) is 5.56 Å². The van der Waals surface area contributed by atoms with Gasteiger partial charge in [0.05, 0.1) is 26.4 Å². The molecule has 4 nitrogen and oxygen atoms in total. The predicted octanol–water partition coefficient (Wildman–Crippen LogP) is 7.16. The van der Waals surface area contributed by atoms with Gasteiger partial charge >= 0.3 is 0 Å². The molecule has 0 N–H and O–H groups in total. The Morgan fingerprint density at radius 2 is 1.28 bits per heavy atom. The van der Waals surface area contributed by atoms with Crippen LogP contribution in [0.3, 0.4) is 0 Å². The van der Waals surface area contributed by atoms with Gasteiger partial charge in [-0.1, -0.05) is 38.1 Å². The lowest BCUT2D eigenvalue weighted by molar-refractivity contribution is 0.0747. The van der Waals surface area contributed by atoms with Crippen LogP contribution >= 0.6 is 0 Å². The van der Waals surface area contributed by atoms with Crippen molar-refractivity contribution in [3.63, 3.8) is 0 Å². The van der Waals surface area contributed by atoms with Gasteiger partial charge in [0.1, 0.15) is 23.0 Å². The first-order valence-corrected chi connectivity index (χ1v) is 11.4. The van der Waals surface area contributed by atoms with Crippen molar-refractivity contribution in [1.82, 2.24) is 0 Å². The SMILES string of the molecule is CCOc1ccc(Oc2cccc(COCC(C)(CC)c3ccc(OCC)cc3)c2)cc1. The third kappa shape index (κ3) is 6.51. The third-order valence-electron chi connectivity index (χ3n) is 5.60. The van der Waals surface area contributed by atoms with E-state index in [-0.39, 0.29) is 5.41 Å². The summed E-state index contributed by atoms with van der Waals surface area (Å²) in [5.41, 5.74) is 2.29. The van der Waals surface area contributed by atoms with Crippen molar-refractivity contribution >= 4 is 0 Å². The molecule has 0 saturated carbocycles. The molecule has 1 unspecified atom stereocenters. The van der Waals surface area contributed by atoms with Gasteiger partial charge in [-0.3, -0.25) is 0 Å². The van der Waals surface area contributed by atoms with Crippen LogP contribution in [-0.4, -0.2) is 19.8 Å². The summed E-state index contributed by atoms with van der Waals surface area (Å²) in [7, 11) is 0. The zero-order chi connectivity index (χ0) is 22.8. The van der Waals surface area contributed by atoms with E-state index < -0.39 is 0 Å². The normalized spacial score (nSPS) is 12.8. The van der Waals surface area contributed by atoms with Crippen LogP contribution < -0.4 is 14.2 Å². The minimum Gasteiger partial charge on any atom is -0.494 e. The number of rotatable bonds is 12. The summed E-state index contributed by atoms with van der Waals surface area (Å²) < 4.78 is 23.2. The average molecular weight is 435 g/mol. The maximum Gasteiger partial charge on any atom is 0.127 e. The van der Waals surface area contributed by atoms with Crippen molar-refractivity contribution in [2.24, 2.45) is 0 Å². The van der Waals surface area contributed by atoms with Gasteiger partial charge in [0.25, 0.3) is 0 Å². The molecule has 3 rings (SSSR count). The summed E-state index contributed by atoms with van der Waals surface area (Å²) in [6, 6.07) is 24.0. The van der Waals surface area contributed by atoms with E-state index in [2.05, 4.69) is 32.0 Å². The Morgan fingerprint density at radius 1 is 0.688 bits per heavy atom. The van der Waals surface area contributed by atoms with Crippen molar-refractivity contribution in [3.05, 3.63) is 83.9 Å². The van der Waals surface area contributed by atoms with E-state index in [0.29, 0.717) is 26.4 Å². The first-order chi connectivity index (χ1) is 15.6. The fraction of sp³-hybridized carbons (Fsp3) is 0.357. The molecule has 0 bridgehead atoms. The van der Waals surface area contributed by atoms with Crippen molar-refractivity contribution in [2.45, 2.75) is 46.1 Å². The van der Waals surface area contributed by atoms with Gasteiger partial charge in [0.15, 0.2) is 0 Å². The molecule has 1 atom stereocenters. The Labute approximate surface area is 192 Å². The fourth-order valence-electron chi connectivity index (χ4n) is 3.51. The number of benzene rings is 3.